The maximum atomic E-state index is 12.8. The second-order valence-electron chi connectivity index (χ2n) is 6.15. The van der Waals surface area contributed by atoms with E-state index in [0.29, 0.717) is 25.1 Å². The van der Waals surface area contributed by atoms with E-state index in [1.54, 1.807) is 29.4 Å². The molecule has 3 amide bonds. The lowest BCUT2D eigenvalue weighted by Gasteiger charge is -2.28. The van der Waals surface area contributed by atoms with E-state index in [1.165, 1.54) is 12.0 Å². The minimum atomic E-state index is -0.583. The van der Waals surface area contributed by atoms with Crippen LogP contribution < -0.4 is 5.32 Å². The molecule has 8 nitrogen and oxygen atoms in total. The van der Waals surface area contributed by atoms with Crippen LogP contribution in [0.15, 0.2) is 24.5 Å². The molecular weight excluding hydrogens is 336 g/mol. The highest BCUT2D eigenvalue weighted by Crippen LogP contribution is 2.21. The molecule has 0 aliphatic carbocycles. The van der Waals surface area contributed by atoms with Gasteiger partial charge in [0.15, 0.2) is 0 Å². The molecule has 0 spiro atoms. The molecule has 0 saturated carbocycles. The maximum absolute atomic E-state index is 12.8. The molecule has 0 aromatic carbocycles. The lowest BCUT2D eigenvalue weighted by molar-refractivity contribution is -0.145. The molecule has 2 rings (SSSR count). The molecule has 8 heteroatoms. The average Bonchev–Trinajstić information content (AvgIpc) is 3.07. The number of ether oxygens (including phenoxy) is 1. The third-order valence-electron chi connectivity index (χ3n) is 4.53. The van der Waals surface area contributed by atoms with Crippen molar-refractivity contribution in [1.82, 2.24) is 20.1 Å². The molecule has 0 radical (unpaired) electrons. The first-order chi connectivity index (χ1) is 12.5. The van der Waals surface area contributed by atoms with E-state index in [0.717, 1.165) is 0 Å². The predicted octanol–water partition coefficient (Wildman–Crippen LogP) is 0.296. The Morgan fingerprint density at radius 2 is 1.92 bits per heavy atom. The fraction of sp³-hybridized carbons (Fsp3) is 0.556. The molecule has 142 valence electrons. The van der Waals surface area contributed by atoms with Gasteiger partial charge >= 0.3 is 0 Å². The van der Waals surface area contributed by atoms with Crippen molar-refractivity contribution in [3.05, 3.63) is 30.1 Å². The molecule has 1 aromatic rings. The Morgan fingerprint density at radius 3 is 2.50 bits per heavy atom. The third-order valence-corrected chi connectivity index (χ3v) is 4.53. The molecule has 1 N–H and O–H groups in total. The van der Waals surface area contributed by atoms with Gasteiger partial charge in [0, 0.05) is 50.7 Å². The first kappa shape index (κ1) is 19.8. The number of nitrogens with zero attached hydrogens (tertiary/aromatic N) is 3. The number of hydrogen-bond acceptors (Lipinski definition) is 5. The van der Waals surface area contributed by atoms with Crippen LogP contribution in [0.2, 0.25) is 0 Å². The summed E-state index contributed by atoms with van der Waals surface area (Å²) in [5.41, 5.74) is 0.494. The van der Waals surface area contributed by atoms with Crippen molar-refractivity contribution < 1.29 is 19.1 Å². The van der Waals surface area contributed by atoms with Gasteiger partial charge in [-0.15, -0.1) is 0 Å². The van der Waals surface area contributed by atoms with Crippen LogP contribution in [0, 0.1) is 0 Å². The van der Waals surface area contributed by atoms with Crippen LogP contribution >= 0.6 is 0 Å². The van der Waals surface area contributed by atoms with Gasteiger partial charge in [-0.2, -0.15) is 0 Å². The highest BCUT2D eigenvalue weighted by molar-refractivity contribution is 5.94. The van der Waals surface area contributed by atoms with E-state index in [1.807, 2.05) is 13.8 Å². The van der Waals surface area contributed by atoms with Crippen molar-refractivity contribution in [2.24, 2.45) is 0 Å². The van der Waals surface area contributed by atoms with Gasteiger partial charge in [-0.3, -0.25) is 19.4 Å². The van der Waals surface area contributed by atoms with Crippen LogP contribution in [0.1, 0.15) is 30.6 Å². The summed E-state index contributed by atoms with van der Waals surface area (Å²) in [6.07, 6.45) is 3.48. The van der Waals surface area contributed by atoms with Crippen molar-refractivity contribution in [1.29, 1.82) is 0 Å². The van der Waals surface area contributed by atoms with Crippen LogP contribution in [0.3, 0.4) is 0 Å². The van der Waals surface area contributed by atoms with Crippen LogP contribution in [0.4, 0.5) is 0 Å². The monoisotopic (exact) mass is 362 g/mol. The fourth-order valence-corrected chi connectivity index (χ4v) is 3.17. The van der Waals surface area contributed by atoms with Gasteiger partial charge in [0.05, 0.1) is 0 Å². The number of rotatable bonds is 7. The van der Waals surface area contributed by atoms with Crippen LogP contribution in [-0.4, -0.2) is 77.9 Å². The second-order valence-corrected chi connectivity index (χ2v) is 6.15. The molecule has 1 aliphatic rings. The van der Waals surface area contributed by atoms with Gasteiger partial charge in [0.25, 0.3) is 5.91 Å². The zero-order chi connectivity index (χ0) is 19.1. The van der Waals surface area contributed by atoms with Gasteiger partial charge in [0.2, 0.25) is 11.8 Å². The average molecular weight is 362 g/mol. The molecule has 26 heavy (non-hydrogen) atoms. The minimum Gasteiger partial charge on any atom is -0.375 e. The Labute approximate surface area is 153 Å². The standard InChI is InChI=1S/C18H26N4O4/c1-4-21(5-2)18(25)15-10-14(11-22(15)16(23)12-26-3)20-17(24)13-6-8-19-9-7-13/h6-9,14-15H,4-5,10-12H2,1-3H3,(H,20,24)/t14-,15+/m1/s1. The quantitative estimate of drug-likeness (QED) is 0.753. The van der Waals surface area contributed by atoms with E-state index in [4.69, 9.17) is 4.74 Å². The number of carbonyl (C=O) groups excluding carboxylic acids is 3. The summed E-state index contributed by atoms with van der Waals surface area (Å²) in [7, 11) is 1.44. The van der Waals surface area contributed by atoms with Gasteiger partial charge < -0.3 is 19.9 Å². The molecule has 0 unspecified atom stereocenters. The Bertz CT molecular complexity index is 633. The number of methoxy groups -OCH3 is 1. The van der Waals surface area contributed by atoms with Crippen molar-refractivity contribution in [2.75, 3.05) is 33.4 Å². The SMILES string of the molecule is CCN(CC)C(=O)[C@@H]1C[C@@H](NC(=O)c2ccncc2)CN1C(=O)COC. The predicted molar refractivity (Wildman–Crippen MR) is 95.4 cm³/mol. The zero-order valence-electron chi connectivity index (χ0n) is 15.5. The first-order valence-electron chi connectivity index (χ1n) is 8.79. The van der Waals surface area contributed by atoms with Crippen LogP contribution in [0.5, 0.6) is 0 Å². The summed E-state index contributed by atoms with van der Waals surface area (Å²) in [6, 6.07) is 2.37. The number of nitrogens with one attached hydrogen (secondary N) is 1. The van der Waals surface area contributed by atoms with E-state index in [9.17, 15) is 14.4 Å². The number of likely N-dealkylation sites (tertiary alicyclic amines) is 1. The molecule has 2 heterocycles. The Morgan fingerprint density at radius 1 is 1.27 bits per heavy atom. The van der Waals surface area contributed by atoms with Crippen molar-refractivity contribution in [3.63, 3.8) is 0 Å². The summed E-state index contributed by atoms with van der Waals surface area (Å²) in [6.45, 7) is 5.16. The van der Waals surface area contributed by atoms with Gasteiger partial charge in [0.1, 0.15) is 12.6 Å². The third kappa shape index (κ3) is 4.57. The normalized spacial score (nSPS) is 19.3. The van der Waals surface area contributed by atoms with E-state index < -0.39 is 6.04 Å². The lowest BCUT2D eigenvalue weighted by atomic mass is 10.1. The van der Waals surface area contributed by atoms with E-state index in [-0.39, 0.29) is 36.9 Å². The Kier molecular flexibility index (Phi) is 7.08. The number of carbonyl (C=O) groups is 3. The van der Waals surface area contributed by atoms with Crippen molar-refractivity contribution in [2.45, 2.75) is 32.4 Å². The van der Waals surface area contributed by atoms with E-state index in [2.05, 4.69) is 10.3 Å². The smallest absolute Gasteiger partial charge is 0.251 e. The van der Waals surface area contributed by atoms with Gasteiger partial charge in [-0.25, -0.2) is 0 Å². The molecule has 1 saturated heterocycles. The summed E-state index contributed by atoms with van der Waals surface area (Å²) in [5.74, 6) is -0.591. The maximum Gasteiger partial charge on any atom is 0.251 e. The molecule has 1 fully saturated rings. The van der Waals surface area contributed by atoms with Crippen LogP contribution in [0.25, 0.3) is 0 Å². The molecule has 1 aromatic heterocycles. The van der Waals surface area contributed by atoms with E-state index >= 15 is 0 Å². The first-order valence-corrected chi connectivity index (χ1v) is 8.79. The number of likely N-dealkylation sites (N-methyl/N-ethyl adjacent to an activating group) is 1. The number of aromatic nitrogens is 1. The summed E-state index contributed by atoms with van der Waals surface area (Å²) >= 11 is 0. The molecule has 0 bridgehead atoms. The van der Waals surface area contributed by atoms with Crippen LogP contribution in [-0.2, 0) is 14.3 Å². The largest absolute Gasteiger partial charge is 0.375 e. The van der Waals surface area contributed by atoms with Crippen molar-refractivity contribution in [3.8, 4) is 0 Å². The Hall–Kier alpha value is -2.48. The fourth-order valence-electron chi connectivity index (χ4n) is 3.17. The molecule has 2 atom stereocenters. The second kappa shape index (κ2) is 9.28. The number of pyridine rings is 1. The highest BCUT2D eigenvalue weighted by Gasteiger charge is 2.41. The zero-order valence-corrected chi connectivity index (χ0v) is 15.5. The summed E-state index contributed by atoms with van der Waals surface area (Å²) < 4.78 is 4.93. The number of hydrogen-bond donors (Lipinski definition) is 1. The topological polar surface area (TPSA) is 91.8 Å². The van der Waals surface area contributed by atoms with Crippen molar-refractivity contribution >= 4 is 17.7 Å². The lowest BCUT2D eigenvalue weighted by Crippen LogP contribution is -2.48. The van der Waals surface area contributed by atoms with Gasteiger partial charge in [-0.1, -0.05) is 0 Å². The highest BCUT2D eigenvalue weighted by atomic mass is 16.5. The Balaban J connectivity index is 2.12. The minimum absolute atomic E-state index is 0.0902. The summed E-state index contributed by atoms with van der Waals surface area (Å²) in [4.78, 5) is 44.6. The van der Waals surface area contributed by atoms with Gasteiger partial charge in [-0.05, 0) is 32.4 Å². The number of amides is 3. The molecular formula is C18H26N4O4. The summed E-state index contributed by atoms with van der Waals surface area (Å²) in [5, 5.41) is 2.91. The molecule has 1 aliphatic heterocycles.